The topological polar surface area (TPSA) is 76.0 Å². The number of thioether (sulfide) groups is 1. The molecule has 5 rings (SSSR count). The number of rotatable bonds is 1. The van der Waals surface area contributed by atoms with Gasteiger partial charge in [-0.25, -0.2) is 4.68 Å². The summed E-state index contributed by atoms with van der Waals surface area (Å²) >= 11 is 7.61. The van der Waals surface area contributed by atoms with Crippen LogP contribution < -0.4 is 10.6 Å². The van der Waals surface area contributed by atoms with Gasteiger partial charge in [-0.3, -0.25) is 9.59 Å². The van der Waals surface area contributed by atoms with E-state index < -0.39 is 10.00 Å². The van der Waals surface area contributed by atoms with Crippen molar-refractivity contribution in [3.05, 3.63) is 70.4 Å². The van der Waals surface area contributed by atoms with Crippen molar-refractivity contribution in [1.82, 2.24) is 9.78 Å². The molecule has 0 aliphatic carbocycles. The van der Waals surface area contributed by atoms with Gasteiger partial charge < -0.3 is 10.6 Å². The molecule has 2 amide bonds. The van der Waals surface area contributed by atoms with E-state index in [1.807, 2.05) is 37.3 Å². The SMILES string of the molecule is Cc1nn(-c2ccccc2)c2c1C1(SC(C)C(=O)N2)C(=O)Nc2ccc(Cl)cc21. The average molecular weight is 425 g/mol. The molecule has 146 valence electrons. The Kier molecular flexibility index (Phi) is 4.01. The van der Waals surface area contributed by atoms with Crippen LogP contribution in [0.15, 0.2) is 48.5 Å². The number of aryl methyl sites for hydroxylation is 1. The summed E-state index contributed by atoms with van der Waals surface area (Å²) in [6.45, 7) is 3.66. The number of halogens is 1. The van der Waals surface area contributed by atoms with Gasteiger partial charge in [0.1, 0.15) is 5.82 Å². The highest BCUT2D eigenvalue weighted by molar-refractivity contribution is 8.02. The van der Waals surface area contributed by atoms with Crippen LogP contribution in [0.25, 0.3) is 5.69 Å². The first-order valence-electron chi connectivity index (χ1n) is 9.17. The van der Waals surface area contributed by atoms with Gasteiger partial charge in [-0.2, -0.15) is 5.10 Å². The Labute approximate surface area is 176 Å². The number of fused-ring (bicyclic) bond motifs is 4. The molecule has 0 fully saturated rings. The molecule has 0 saturated carbocycles. The zero-order valence-electron chi connectivity index (χ0n) is 15.7. The maximum atomic E-state index is 13.4. The molecule has 0 saturated heterocycles. The third kappa shape index (κ3) is 2.54. The van der Waals surface area contributed by atoms with E-state index in [1.54, 1.807) is 29.8 Å². The van der Waals surface area contributed by atoms with Crippen LogP contribution in [0.3, 0.4) is 0 Å². The van der Waals surface area contributed by atoms with Crippen LogP contribution in [-0.4, -0.2) is 26.8 Å². The first-order valence-corrected chi connectivity index (χ1v) is 10.4. The van der Waals surface area contributed by atoms with Crippen LogP contribution in [0.5, 0.6) is 0 Å². The van der Waals surface area contributed by atoms with Crippen molar-refractivity contribution in [3.63, 3.8) is 0 Å². The summed E-state index contributed by atoms with van der Waals surface area (Å²) < 4.78 is 0.573. The summed E-state index contributed by atoms with van der Waals surface area (Å²) in [5.74, 6) is 0.145. The van der Waals surface area contributed by atoms with Gasteiger partial charge in [-0.05, 0) is 44.2 Å². The highest BCUT2D eigenvalue weighted by Gasteiger charge is 2.55. The van der Waals surface area contributed by atoms with Gasteiger partial charge in [0.2, 0.25) is 11.8 Å². The number of amides is 2. The van der Waals surface area contributed by atoms with E-state index in [0.29, 0.717) is 27.8 Å². The Bertz CT molecular complexity index is 1180. The number of hydrogen-bond donors (Lipinski definition) is 2. The maximum absolute atomic E-state index is 13.4. The van der Waals surface area contributed by atoms with Crippen LogP contribution in [0.1, 0.15) is 23.7 Å². The molecular weight excluding hydrogens is 408 g/mol. The van der Waals surface area contributed by atoms with E-state index in [0.717, 1.165) is 11.3 Å². The van der Waals surface area contributed by atoms with Crippen molar-refractivity contribution < 1.29 is 9.59 Å². The molecule has 1 spiro atoms. The average Bonchev–Trinajstić information content (AvgIpc) is 3.12. The van der Waals surface area contributed by atoms with Gasteiger partial charge in [-0.15, -0.1) is 11.8 Å². The molecule has 6 nitrogen and oxygen atoms in total. The van der Waals surface area contributed by atoms with E-state index in [1.165, 1.54) is 11.8 Å². The van der Waals surface area contributed by atoms with Gasteiger partial charge in [0, 0.05) is 21.8 Å². The number of carbonyl (C=O) groups excluding carboxylic acids is 2. The fraction of sp³-hybridized carbons (Fsp3) is 0.190. The molecule has 2 N–H and O–H groups in total. The van der Waals surface area contributed by atoms with Crippen molar-refractivity contribution in [2.75, 3.05) is 10.6 Å². The molecule has 29 heavy (non-hydrogen) atoms. The zero-order chi connectivity index (χ0) is 20.3. The highest BCUT2D eigenvalue weighted by atomic mass is 35.5. The van der Waals surface area contributed by atoms with E-state index in [9.17, 15) is 9.59 Å². The van der Waals surface area contributed by atoms with Crippen molar-refractivity contribution in [1.29, 1.82) is 0 Å². The van der Waals surface area contributed by atoms with Gasteiger partial charge in [0.25, 0.3) is 0 Å². The molecule has 3 heterocycles. The summed E-state index contributed by atoms with van der Waals surface area (Å²) in [4.78, 5) is 26.3. The number of carbonyl (C=O) groups is 2. The first kappa shape index (κ1) is 18.3. The third-order valence-electron chi connectivity index (χ3n) is 5.31. The lowest BCUT2D eigenvalue weighted by Gasteiger charge is -2.27. The minimum absolute atomic E-state index is 0.173. The molecule has 1 aromatic heterocycles. The number of benzene rings is 2. The molecule has 2 aromatic carbocycles. The van der Waals surface area contributed by atoms with Gasteiger partial charge in [-0.1, -0.05) is 29.8 Å². The predicted octanol–water partition coefficient (Wildman–Crippen LogP) is 4.10. The lowest BCUT2D eigenvalue weighted by atomic mass is 9.91. The summed E-state index contributed by atoms with van der Waals surface area (Å²) in [5.41, 5.74) is 3.61. The predicted molar refractivity (Wildman–Crippen MR) is 115 cm³/mol. The van der Waals surface area contributed by atoms with Crippen LogP contribution >= 0.6 is 23.4 Å². The molecule has 0 bridgehead atoms. The first-order chi connectivity index (χ1) is 13.9. The minimum Gasteiger partial charge on any atom is -0.324 e. The highest BCUT2D eigenvalue weighted by Crippen LogP contribution is 2.56. The second-order valence-electron chi connectivity index (χ2n) is 7.13. The molecule has 2 aliphatic heterocycles. The van der Waals surface area contributed by atoms with Gasteiger partial charge >= 0.3 is 0 Å². The smallest absolute Gasteiger partial charge is 0.250 e. The number of para-hydroxylation sites is 1. The van der Waals surface area contributed by atoms with E-state index in [-0.39, 0.29) is 11.8 Å². The molecule has 0 radical (unpaired) electrons. The fourth-order valence-corrected chi connectivity index (χ4v) is 5.72. The zero-order valence-corrected chi connectivity index (χ0v) is 17.3. The van der Waals surface area contributed by atoms with E-state index in [4.69, 9.17) is 11.6 Å². The number of nitrogens with one attached hydrogen (secondary N) is 2. The molecule has 8 heteroatoms. The Hall–Kier alpha value is -2.77. The molecule has 2 unspecified atom stereocenters. The second-order valence-corrected chi connectivity index (χ2v) is 9.12. The quantitative estimate of drug-likeness (QED) is 0.616. The van der Waals surface area contributed by atoms with Crippen LogP contribution in [0, 0.1) is 6.92 Å². The second kappa shape index (κ2) is 6.37. The van der Waals surface area contributed by atoms with Crippen LogP contribution in [0.2, 0.25) is 5.02 Å². The largest absolute Gasteiger partial charge is 0.324 e. The van der Waals surface area contributed by atoms with Crippen LogP contribution in [0.4, 0.5) is 11.5 Å². The molecule has 2 atom stereocenters. The van der Waals surface area contributed by atoms with Crippen molar-refractivity contribution in [2.45, 2.75) is 23.8 Å². The summed E-state index contributed by atoms with van der Waals surface area (Å²) in [6.07, 6.45) is 0. The number of nitrogens with zero attached hydrogens (tertiary/aromatic N) is 2. The summed E-state index contributed by atoms with van der Waals surface area (Å²) in [5, 5.41) is 10.7. The van der Waals surface area contributed by atoms with E-state index in [2.05, 4.69) is 15.7 Å². The van der Waals surface area contributed by atoms with Gasteiger partial charge in [0.15, 0.2) is 4.75 Å². The van der Waals surface area contributed by atoms with Crippen molar-refractivity contribution >= 4 is 46.7 Å². The lowest BCUT2D eigenvalue weighted by molar-refractivity contribution is -0.117. The van der Waals surface area contributed by atoms with Crippen molar-refractivity contribution in [2.24, 2.45) is 0 Å². The molecule has 3 aromatic rings. The van der Waals surface area contributed by atoms with Gasteiger partial charge in [0.05, 0.1) is 16.6 Å². The lowest BCUT2D eigenvalue weighted by Crippen LogP contribution is -2.34. The number of aromatic nitrogens is 2. The standard InChI is InChI=1S/C21H17ClN4O2S/c1-11-17-18(26(25-11)14-6-4-3-5-7-14)24-19(27)12(2)29-21(17)15-10-13(22)8-9-16(15)23-20(21)28/h3-10,12H,1-2H3,(H,23,28)(H,24,27). The summed E-state index contributed by atoms with van der Waals surface area (Å²) in [7, 11) is 0. The summed E-state index contributed by atoms with van der Waals surface area (Å²) in [6, 6.07) is 14.9. The molecule has 2 aliphatic rings. The Morgan fingerprint density at radius 2 is 1.90 bits per heavy atom. The normalized spacial score (nSPS) is 22.7. The maximum Gasteiger partial charge on any atom is 0.250 e. The van der Waals surface area contributed by atoms with E-state index >= 15 is 0 Å². The Morgan fingerprint density at radius 1 is 1.14 bits per heavy atom. The van der Waals surface area contributed by atoms with Crippen LogP contribution in [-0.2, 0) is 14.3 Å². The Balaban J connectivity index is 1.85. The third-order valence-corrected chi connectivity index (χ3v) is 7.07. The number of anilines is 2. The monoisotopic (exact) mass is 424 g/mol. The Morgan fingerprint density at radius 3 is 2.66 bits per heavy atom. The number of hydrogen-bond acceptors (Lipinski definition) is 4. The minimum atomic E-state index is -1.12. The van der Waals surface area contributed by atoms with Crippen molar-refractivity contribution in [3.8, 4) is 5.69 Å². The molecular formula is C21H17ClN4O2S. The fourth-order valence-electron chi connectivity index (χ4n) is 4.03.